The summed E-state index contributed by atoms with van der Waals surface area (Å²) in [5.41, 5.74) is 0. The van der Waals surface area contributed by atoms with Crippen molar-refractivity contribution in [3.8, 4) is 12.3 Å². The minimum atomic E-state index is 0. The number of hydrogen-bond donors (Lipinski definition) is 2. The number of hydrogen-bond acceptors (Lipinski definition) is 2. The third kappa shape index (κ3) is 9.24. The Morgan fingerprint density at radius 2 is 2.25 bits per heavy atom. The van der Waals surface area contributed by atoms with Gasteiger partial charge in [0.05, 0.1) is 13.2 Å². The van der Waals surface area contributed by atoms with Crippen molar-refractivity contribution in [1.82, 2.24) is 5.32 Å². The lowest BCUT2D eigenvalue weighted by Gasteiger charge is -1.91. The van der Waals surface area contributed by atoms with Crippen LogP contribution in [0.5, 0.6) is 0 Å². The van der Waals surface area contributed by atoms with Crippen LogP contribution in [0.4, 0.5) is 0 Å². The van der Waals surface area contributed by atoms with E-state index in [1.165, 1.54) is 0 Å². The Morgan fingerprint density at radius 3 is 2.62 bits per heavy atom. The van der Waals surface area contributed by atoms with Crippen LogP contribution in [0.1, 0.15) is 0 Å². The molecular weight excluding hydrogens is 126 g/mol. The van der Waals surface area contributed by atoms with Crippen molar-refractivity contribution < 1.29 is 5.11 Å². The van der Waals surface area contributed by atoms with E-state index < -0.39 is 0 Å². The smallest absolute Gasteiger partial charge is 0.0574 e. The molecule has 0 radical (unpaired) electrons. The third-order valence-electron chi connectivity index (χ3n) is 0.516. The first kappa shape index (κ1) is 10.7. The van der Waals surface area contributed by atoms with E-state index in [1.807, 2.05) is 0 Å². The summed E-state index contributed by atoms with van der Waals surface area (Å²) in [6, 6.07) is 0. The number of aliphatic hydroxyl groups is 1. The van der Waals surface area contributed by atoms with Crippen molar-refractivity contribution in [2.45, 2.75) is 0 Å². The van der Waals surface area contributed by atoms with Crippen LogP contribution in [0, 0.1) is 12.3 Å². The monoisotopic (exact) mass is 135 g/mol. The molecule has 0 aromatic rings. The summed E-state index contributed by atoms with van der Waals surface area (Å²) in [5, 5.41) is 11.0. The van der Waals surface area contributed by atoms with Gasteiger partial charge in [-0.05, 0) is 0 Å². The molecule has 2 N–H and O–H groups in total. The average molecular weight is 136 g/mol. The maximum Gasteiger partial charge on any atom is 0.0574 e. The summed E-state index contributed by atoms with van der Waals surface area (Å²) in [6.45, 7) is 1.28. The van der Waals surface area contributed by atoms with E-state index in [0.29, 0.717) is 13.1 Å². The first-order valence-corrected chi connectivity index (χ1v) is 2.17. The van der Waals surface area contributed by atoms with Gasteiger partial charge in [-0.25, -0.2) is 0 Å². The number of aliphatic hydroxyl groups excluding tert-OH is 1. The number of rotatable bonds is 3. The average Bonchev–Trinajstić information content (AvgIpc) is 1.69. The van der Waals surface area contributed by atoms with Gasteiger partial charge in [-0.2, -0.15) is 0 Å². The van der Waals surface area contributed by atoms with Crippen LogP contribution in [0.15, 0.2) is 0 Å². The molecule has 0 rings (SSSR count). The second-order valence-electron chi connectivity index (χ2n) is 1.10. The summed E-state index contributed by atoms with van der Waals surface area (Å²) in [7, 11) is 0. The zero-order valence-electron chi connectivity index (χ0n) is 4.55. The first-order valence-electron chi connectivity index (χ1n) is 2.17. The third-order valence-corrected chi connectivity index (χ3v) is 0.516. The number of nitrogens with one attached hydrogen (secondary N) is 1. The first-order chi connectivity index (χ1) is 3.41. The second-order valence-corrected chi connectivity index (χ2v) is 1.10. The largest absolute Gasteiger partial charge is 0.395 e. The Labute approximate surface area is 55.7 Å². The topological polar surface area (TPSA) is 32.3 Å². The van der Waals surface area contributed by atoms with Gasteiger partial charge in [-0.15, -0.1) is 18.8 Å². The van der Waals surface area contributed by atoms with Gasteiger partial charge in [0.25, 0.3) is 0 Å². The molecule has 0 aliphatic heterocycles. The van der Waals surface area contributed by atoms with Gasteiger partial charge in [0.15, 0.2) is 0 Å². The van der Waals surface area contributed by atoms with Gasteiger partial charge < -0.3 is 10.4 Å². The zero-order valence-corrected chi connectivity index (χ0v) is 5.37. The lowest BCUT2D eigenvalue weighted by atomic mass is 10.6. The Kier molecular flexibility index (Phi) is 13.2. The van der Waals surface area contributed by atoms with Gasteiger partial charge in [0.1, 0.15) is 0 Å². The Bertz CT molecular complexity index is 69.3. The highest BCUT2D eigenvalue weighted by Crippen LogP contribution is 1.52. The van der Waals surface area contributed by atoms with Crippen LogP contribution in [-0.2, 0) is 0 Å². The van der Waals surface area contributed by atoms with Crippen molar-refractivity contribution in [2.75, 3.05) is 19.7 Å². The molecule has 3 heteroatoms. The minimum Gasteiger partial charge on any atom is -0.395 e. The van der Waals surface area contributed by atoms with Gasteiger partial charge in [0.2, 0.25) is 0 Å². The molecule has 0 amide bonds. The lowest BCUT2D eigenvalue weighted by Crippen LogP contribution is -2.17. The molecule has 0 heterocycles. The standard InChI is InChI=1S/C5H9NO.ClH/c1-2-3-6-4-5-7;/h1,6-7H,3-5H2;1H. The van der Waals surface area contributed by atoms with Crippen molar-refractivity contribution in [3.05, 3.63) is 0 Å². The molecule has 48 valence electrons. The highest BCUT2D eigenvalue weighted by molar-refractivity contribution is 5.85. The molecule has 0 bridgehead atoms. The van der Waals surface area contributed by atoms with Crippen molar-refractivity contribution >= 4 is 12.4 Å². The van der Waals surface area contributed by atoms with Crippen LogP contribution in [-0.4, -0.2) is 24.8 Å². The molecule has 0 aliphatic carbocycles. The summed E-state index contributed by atoms with van der Waals surface area (Å²) in [5.74, 6) is 2.38. The summed E-state index contributed by atoms with van der Waals surface area (Å²) < 4.78 is 0. The van der Waals surface area contributed by atoms with E-state index in [-0.39, 0.29) is 19.0 Å². The van der Waals surface area contributed by atoms with E-state index in [1.54, 1.807) is 0 Å². The van der Waals surface area contributed by atoms with Crippen LogP contribution in [0.25, 0.3) is 0 Å². The molecule has 8 heavy (non-hydrogen) atoms. The normalized spacial score (nSPS) is 7.00. The van der Waals surface area contributed by atoms with Crippen molar-refractivity contribution in [2.24, 2.45) is 0 Å². The quantitative estimate of drug-likeness (QED) is 0.409. The molecule has 0 saturated carbocycles. The van der Waals surface area contributed by atoms with Crippen molar-refractivity contribution in [1.29, 1.82) is 0 Å². The van der Waals surface area contributed by atoms with E-state index in [2.05, 4.69) is 11.2 Å². The Morgan fingerprint density at radius 1 is 1.62 bits per heavy atom. The summed E-state index contributed by atoms with van der Waals surface area (Å²) in [6.07, 6.45) is 4.88. The van der Waals surface area contributed by atoms with Crippen molar-refractivity contribution in [3.63, 3.8) is 0 Å². The Balaban J connectivity index is 0. The maximum absolute atomic E-state index is 8.16. The predicted octanol–water partition coefficient (Wildman–Crippen LogP) is -0.377. The van der Waals surface area contributed by atoms with Crippen LogP contribution in [0.2, 0.25) is 0 Å². The molecule has 0 unspecified atom stereocenters. The van der Waals surface area contributed by atoms with Gasteiger partial charge in [-0.1, -0.05) is 5.92 Å². The Hall–Kier alpha value is -0.230. The van der Waals surface area contributed by atoms with E-state index in [9.17, 15) is 0 Å². The summed E-state index contributed by atoms with van der Waals surface area (Å²) in [4.78, 5) is 0. The fraction of sp³-hybridized carbons (Fsp3) is 0.600. The molecule has 0 aliphatic rings. The van der Waals surface area contributed by atoms with E-state index >= 15 is 0 Å². The van der Waals surface area contributed by atoms with Crippen LogP contribution < -0.4 is 5.32 Å². The van der Waals surface area contributed by atoms with E-state index in [4.69, 9.17) is 11.5 Å². The SMILES string of the molecule is C#CCNCCO.Cl. The number of halogens is 1. The fourth-order valence-corrected chi connectivity index (χ4v) is 0.240. The van der Waals surface area contributed by atoms with Gasteiger partial charge >= 0.3 is 0 Å². The molecule has 0 spiro atoms. The van der Waals surface area contributed by atoms with E-state index in [0.717, 1.165) is 0 Å². The molecule has 0 fully saturated rings. The highest BCUT2D eigenvalue weighted by Gasteiger charge is 1.74. The second kappa shape index (κ2) is 9.91. The fourth-order valence-electron chi connectivity index (χ4n) is 0.240. The number of terminal acetylenes is 1. The summed E-state index contributed by atoms with van der Waals surface area (Å²) >= 11 is 0. The molecule has 2 nitrogen and oxygen atoms in total. The van der Waals surface area contributed by atoms with Gasteiger partial charge in [0, 0.05) is 6.54 Å². The molecule has 0 atom stereocenters. The van der Waals surface area contributed by atoms with Gasteiger partial charge in [-0.3, -0.25) is 0 Å². The van der Waals surface area contributed by atoms with Crippen LogP contribution >= 0.6 is 12.4 Å². The molecule has 0 saturated heterocycles. The molecular formula is C5H10ClNO. The lowest BCUT2D eigenvalue weighted by molar-refractivity contribution is 0.295. The van der Waals surface area contributed by atoms with Crippen LogP contribution in [0.3, 0.4) is 0 Å². The predicted molar refractivity (Wildman–Crippen MR) is 36.0 cm³/mol. The molecule has 0 aromatic heterocycles. The zero-order chi connectivity index (χ0) is 5.54. The highest BCUT2D eigenvalue weighted by atomic mass is 35.5. The molecule has 0 aromatic carbocycles. The maximum atomic E-state index is 8.16. The minimum absolute atomic E-state index is 0.